The minimum Gasteiger partial charge on any atom is -0.394 e. The Morgan fingerprint density at radius 2 is 1.92 bits per heavy atom. The third-order valence-corrected chi connectivity index (χ3v) is 7.10. The number of anilines is 1. The molecule has 1 atom stereocenters. The van der Waals surface area contributed by atoms with E-state index in [1.54, 1.807) is 26.3 Å². The number of fused-ring (bicyclic) bond motifs is 2. The Bertz CT molecular complexity index is 1890. The van der Waals surface area contributed by atoms with Gasteiger partial charge in [0.2, 0.25) is 0 Å². The number of nitrogens with zero attached hydrogens (tertiary/aromatic N) is 7. The molecule has 0 bridgehead atoms. The second-order valence-electron chi connectivity index (χ2n) is 9.05. The van der Waals surface area contributed by atoms with E-state index in [9.17, 15) is 9.90 Å². The molecule has 0 amide bonds. The maximum atomic E-state index is 14.0. The average Bonchev–Trinajstić information content (AvgIpc) is 3.51. The number of pyridine rings is 1. The van der Waals surface area contributed by atoms with E-state index in [4.69, 9.17) is 10.8 Å². The van der Waals surface area contributed by atoms with Crippen LogP contribution >= 0.6 is 9.24 Å². The molecule has 4 heterocycles. The number of aliphatic hydroxyl groups is 1. The zero-order chi connectivity index (χ0) is 26.4. The smallest absolute Gasteiger partial charge is 0.263 e. The van der Waals surface area contributed by atoms with Gasteiger partial charge < -0.3 is 10.8 Å². The van der Waals surface area contributed by atoms with Crippen LogP contribution in [0.4, 0.5) is 5.82 Å². The van der Waals surface area contributed by atoms with Crippen LogP contribution in [0.25, 0.3) is 38.8 Å². The van der Waals surface area contributed by atoms with Gasteiger partial charge in [0.15, 0.2) is 5.65 Å². The summed E-state index contributed by atoms with van der Waals surface area (Å²) in [6.45, 7) is 2.54. The van der Waals surface area contributed by atoms with Crippen molar-refractivity contribution in [3.8, 4) is 16.9 Å². The largest absolute Gasteiger partial charge is 0.394 e. The van der Waals surface area contributed by atoms with Crippen molar-refractivity contribution < 1.29 is 5.11 Å². The van der Waals surface area contributed by atoms with Gasteiger partial charge in [-0.1, -0.05) is 36.4 Å². The lowest BCUT2D eigenvalue weighted by molar-refractivity contribution is 0.269. The molecule has 0 aliphatic rings. The molecular weight excluding hydrogens is 499 g/mol. The van der Waals surface area contributed by atoms with E-state index < -0.39 is 0 Å². The molecule has 10 nitrogen and oxygen atoms in total. The molecular formula is C27H25N8O2P. The zero-order valence-electron chi connectivity index (χ0n) is 20.6. The predicted octanol–water partition coefficient (Wildman–Crippen LogP) is 2.43. The van der Waals surface area contributed by atoms with Crippen molar-refractivity contribution in [3.05, 3.63) is 88.9 Å². The number of aryl methyl sites for hydroxylation is 1. The third kappa shape index (κ3) is 3.95. The Morgan fingerprint density at radius 3 is 2.74 bits per heavy atom. The Labute approximate surface area is 219 Å². The molecule has 0 fully saturated rings. The van der Waals surface area contributed by atoms with Gasteiger partial charge in [0.25, 0.3) is 5.56 Å². The Kier molecular flexibility index (Phi) is 5.98. The van der Waals surface area contributed by atoms with Gasteiger partial charge in [0.05, 0.1) is 42.4 Å². The molecule has 3 N–H and O–H groups in total. The van der Waals surface area contributed by atoms with E-state index in [2.05, 4.69) is 24.3 Å². The van der Waals surface area contributed by atoms with Crippen LogP contribution in [0, 0.1) is 6.92 Å². The number of nitrogens with two attached hydrogens (primary N) is 1. The first-order valence-corrected chi connectivity index (χ1v) is 12.6. The van der Waals surface area contributed by atoms with Crippen LogP contribution in [0.1, 0.15) is 11.3 Å². The topological polar surface area (TPSA) is 130 Å². The molecule has 190 valence electrons. The molecule has 0 saturated carbocycles. The lowest BCUT2D eigenvalue weighted by Gasteiger charge is -2.17. The summed E-state index contributed by atoms with van der Waals surface area (Å²) in [6.07, 6.45) is 4.88. The predicted molar refractivity (Wildman–Crippen MR) is 151 cm³/mol. The highest BCUT2D eigenvalue weighted by Gasteiger charge is 2.21. The van der Waals surface area contributed by atoms with Crippen molar-refractivity contribution in [2.24, 2.45) is 0 Å². The van der Waals surface area contributed by atoms with Crippen molar-refractivity contribution in [2.75, 3.05) is 12.3 Å². The quantitative estimate of drug-likeness (QED) is 0.320. The first kappa shape index (κ1) is 24.0. The summed E-state index contributed by atoms with van der Waals surface area (Å²) in [5, 5.41) is 21.5. The monoisotopic (exact) mass is 524 g/mol. The lowest BCUT2D eigenvalue weighted by Crippen LogP contribution is -2.27. The fourth-order valence-electron chi connectivity index (χ4n) is 4.87. The number of rotatable bonds is 6. The number of aromatic nitrogens is 7. The second kappa shape index (κ2) is 9.48. The summed E-state index contributed by atoms with van der Waals surface area (Å²) in [6, 6.07) is 15.6. The van der Waals surface area contributed by atoms with E-state index in [-0.39, 0.29) is 18.7 Å². The number of benzene rings is 2. The molecule has 6 rings (SSSR count). The Balaban J connectivity index is 1.59. The normalized spacial score (nSPS) is 11.6. The number of hydrogen-bond acceptors (Lipinski definition) is 7. The van der Waals surface area contributed by atoms with Gasteiger partial charge in [-0.25, -0.2) is 14.6 Å². The molecule has 0 spiro atoms. The molecule has 0 aliphatic heterocycles. The fourth-order valence-corrected chi connectivity index (χ4v) is 5.20. The molecule has 6 aromatic rings. The first-order chi connectivity index (χ1) is 18.5. The van der Waals surface area contributed by atoms with E-state index >= 15 is 0 Å². The van der Waals surface area contributed by atoms with Gasteiger partial charge in [-0.05, 0) is 35.3 Å². The van der Waals surface area contributed by atoms with Crippen LogP contribution < -0.4 is 16.6 Å². The third-order valence-electron chi connectivity index (χ3n) is 6.62. The number of aliphatic hydroxyl groups excluding tert-OH is 1. The van der Waals surface area contributed by atoms with Gasteiger partial charge in [0, 0.05) is 17.5 Å². The highest BCUT2D eigenvalue weighted by atomic mass is 31.0. The maximum Gasteiger partial charge on any atom is 0.263 e. The number of nitrogen functional groups attached to an aromatic ring is 1. The minimum atomic E-state index is -0.0957. The average molecular weight is 525 g/mol. The highest BCUT2D eigenvalue weighted by molar-refractivity contribution is 7.27. The SMILES string of the molecule is Cc1cccc2cc(Cn3nc(-c4cnn(CCO)c4)c4c(N)ncnc43)n(-c3ccccc3P)c(=O)c12. The summed E-state index contributed by atoms with van der Waals surface area (Å²) in [4.78, 5) is 22.7. The van der Waals surface area contributed by atoms with Crippen LogP contribution in [0.2, 0.25) is 0 Å². The molecule has 0 radical (unpaired) electrons. The first-order valence-electron chi connectivity index (χ1n) is 12.1. The summed E-state index contributed by atoms with van der Waals surface area (Å²) < 4.78 is 5.12. The number of para-hydroxylation sites is 1. The molecule has 38 heavy (non-hydrogen) atoms. The number of hydrogen-bond donors (Lipinski definition) is 2. The molecule has 2 aromatic carbocycles. The zero-order valence-corrected chi connectivity index (χ0v) is 21.8. The fraction of sp³-hybridized carbons (Fsp3) is 0.148. The Morgan fingerprint density at radius 1 is 1.08 bits per heavy atom. The molecule has 0 saturated heterocycles. The molecule has 1 unspecified atom stereocenters. The summed E-state index contributed by atoms with van der Waals surface area (Å²) in [5.41, 5.74) is 10.5. The summed E-state index contributed by atoms with van der Waals surface area (Å²) in [5.74, 6) is 0.299. The van der Waals surface area contributed by atoms with E-state index in [1.165, 1.54) is 6.33 Å². The van der Waals surface area contributed by atoms with Crippen LogP contribution in [0.3, 0.4) is 0 Å². The van der Waals surface area contributed by atoms with Crippen molar-refractivity contribution in [1.29, 1.82) is 0 Å². The van der Waals surface area contributed by atoms with Gasteiger partial charge in [-0.15, -0.1) is 9.24 Å². The van der Waals surface area contributed by atoms with Crippen molar-refractivity contribution >= 4 is 42.2 Å². The van der Waals surface area contributed by atoms with Crippen molar-refractivity contribution in [3.63, 3.8) is 0 Å². The summed E-state index contributed by atoms with van der Waals surface area (Å²) >= 11 is 0. The molecule has 0 aliphatic carbocycles. The molecule has 4 aromatic heterocycles. The van der Waals surface area contributed by atoms with Crippen LogP contribution in [-0.4, -0.2) is 45.8 Å². The summed E-state index contributed by atoms with van der Waals surface area (Å²) in [7, 11) is 2.72. The standard InChI is InChI=1S/C27H25N8O2P/c1-16-5-4-6-17-11-19(35(27(37)22(16)17)20-7-2-3-8-21(20)38)14-34-26-23(25(28)29-15-30-26)24(32-34)18-12-31-33(13-18)9-10-36/h2-8,11-13,15,36H,9-10,14,38H2,1H3,(H2,28,29,30). The van der Waals surface area contributed by atoms with Gasteiger partial charge in [0.1, 0.15) is 17.8 Å². The highest BCUT2D eigenvalue weighted by Crippen LogP contribution is 2.30. The van der Waals surface area contributed by atoms with Crippen LogP contribution in [0.5, 0.6) is 0 Å². The van der Waals surface area contributed by atoms with Gasteiger partial charge >= 0.3 is 0 Å². The van der Waals surface area contributed by atoms with Gasteiger partial charge in [-0.2, -0.15) is 10.2 Å². The van der Waals surface area contributed by atoms with E-state index in [0.29, 0.717) is 34.5 Å². The van der Waals surface area contributed by atoms with Crippen LogP contribution in [-0.2, 0) is 13.1 Å². The lowest BCUT2D eigenvalue weighted by atomic mass is 10.1. The Hall–Kier alpha value is -4.40. The van der Waals surface area contributed by atoms with E-state index in [0.717, 1.165) is 33.2 Å². The second-order valence-corrected chi connectivity index (χ2v) is 9.68. The maximum absolute atomic E-state index is 14.0. The van der Waals surface area contributed by atoms with Crippen molar-refractivity contribution in [1.82, 2.24) is 34.1 Å². The van der Waals surface area contributed by atoms with E-state index in [1.807, 2.05) is 55.5 Å². The minimum absolute atomic E-state index is 0.0300. The van der Waals surface area contributed by atoms with Gasteiger partial charge in [-0.3, -0.25) is 14.0 Å². The van der Waals surface area contributed by atoms with Crippen LogP contribution in [0.15, 0.2) is 72.0 Å². The molecule has 11 heteroatoms. The van der Waals surface area contributed by atoms with Crippen molar-refractivity contribution in [2.45, 2.75) is 20.0 Å².